The molecular weight excluding hydrogens is 393 g/mol. The van der Waals surface area contributed by atoms with Gasteiger partial charge in [-0.05, 0) is 49.2 Å². The number of carbonyl (C=O) groups excluding carboxylic acids is 1. The third kappa shape index (κ3) is 5.98. The second-order valence-electron chi connectivity index (χ2n) is 6.32. The van der Waals surface area contributed by atoms with Crippen LogP contribution in [0.4, 0.5) is 18.9 Å². The van der Waals surface area contributed by atoms with E-state index in [2.05, 4.69) is 10.0 Å². The number of rotatable bonds is 7. The standard InChI is InChI=1S/C19H21F3N2O3S/c1-3-11-28(26,27)24-17-6-4-5-15(12-17)18(25)23-13(2)14-7-9-16(10-8-14)19(20,21)22/h4-10,12-13,24H,3,11H2,1-2H3,(H,23,25). The van der Waals surface area contributed by atoms with Crippen LogP contribution in [0, 0.1) is 0 Å². The van der Waals surface area contributed by atoms with Gasteiger partial charge in [0.2, 0.25) is 10.0 Å². The number of amides is 1. The summed E-state index contributed by atoms with van der Waals surface area (Å²) in [5.41, 5.74) is 0.252. The molecule has 0 radical (unpaired) electrons. The van der Waals surface area contributed by atoms with Gasteiger partial charge < -0.3 is 5.32 Å². The van der Waals surface area contributed by atoms with Gasteiger partial charge >= 0.3 is 6.18 Å². The molecule has 28 heavy (non-hydrogen) atoms. The normalized spacial score (nSPS) is 13.0. The maximum atomic E-state index is 12.6. The molecule has 2 N–H and O–H groups in total. The summed E-state index contributed by atoms with van der Waals surface area (Å²) in [5.74, 6) is -0.502. The van der Waals surface area contributed by atoms with E-state index in [1.807, 2.05) is 0 Å². The van der Waals surface area contributed by atoms with Crippen LogP contribution in [0.2, 0.25) is 0 Å². The first kappa shape index (κ1) is 21.7. The van der Waals surface area contributed by atoms with Crippen LogP contribution in [0.5, 0.6) is 0 Å². The summed E-state index contributed by atoms with van der Waals surface area (Å²) in [7, 11) is -3.48. The number of alkyl halides is 3. The van der Waals surface area contributed by atoms with Gasteiger partial charge in [0.05, 0.1) is 17.4 Å². The Morgan fingerprint density at radius 3 is 2.32 bits per heavy atom. The maximum Gasteiger partial charge on any atom is 0.416 e. The second-order valence-corrected chi connectivity index (χ2v) is 8.16. The molecule has 2 aromatic carbocycles. The Labute approximate surface area is 162 Å². The first-order chi connectivity index (χ1) is 13.0. The molecule has 0 bridgehead atoms. The zero-order chi connectivity index (χ0) is 20.9. The lowest BCUT2D eigenvalue weighted by Crippen LogP contribution is -2.27. The van der Waals surface area contributed by atoms with Crippen LogP contribution < -0.4 is 10.0 Å². The third-order valence-electron chi connectivity index (χ3n) is 3.96. The molecule has 0 saturated carbocycles. The van der Waals surface area contributed by atoms with Gasteiger partial charge in [-0.25, -0.2) is 8.42 Å². The summed E-state index contributed by atoms with van der Waals surface area (Å²) in [4.78, 5) is 12.4. The van der Waals surface area contributed by atoms with Crippen molar-refractivity contribution in [1.29, 1.82) is 0 Å². The Morgan fingerprint density at radius 1 is 1.11 bits per heavy atom. The van der Waals surface area contributed by atoms with Crippen LogP contribution in [-0.4, -0.2) is 20.1 Å². The zero-order valence-corrected chi connectivity index (χ0v) is 16.2. The van der Waals surface area contributed by atoms with Crippen LogP contribution in [-0.2, 0) is 16.2 Å². The van der Waals surface area contributed by atoms with E-state index >= 15 is 0 Å². The molecule has 1 unspecified atom stereocenters. The van der Waals surface area contributed by atoms with Crippen molar-refractivity contribution in [2.45, 2.75) is 32.5 Å². The number of halogens is 3. The highest BCUT2D eigenvalue weighted by molar-refractivity contribution is 7.92. The number of carbonyl (C=O) groups is 1. The van der Waals surface area contributed by atoms with Gasteiger partial charge in [-0.3, -0.25) is 9.52 Å². The summed E-state index contributed by atoms with van der Waals surface area (Å²) in [6, 6.07) is 10.0. The highest BCUT2D eigenvalue weighted by Crippen LogP contribution is 2.30. The predicted molar refractivity (Wildman–Crippen MR) is 101 cm³/mol. The number of benzene rings is 2. The van der Waals surface area contributed by atoms with E-state index in [9.17, 15) is 26.4 Å². The average molecular weight is 414 g/mol. The predicted octanol–water partition coefficient (Wildman–Crippen LogP) is 4.35. The Hall–Kier alpha value is -2.55. The quantitative estimate of drug-likeness (QED) is 0.707. The summed E-state index contributed by atoms with van der Waals surface area (Å²) in [5, 5.41) is 2.69. The van der Waals surface area contributed by atoms with Crippen molar-refractivity contribution in [3.63, 3.8) is 0 Å². The molecule has 0 saturated heterocycles. The fourth-order valence-electron chi connectivity index (χ4n) is 2.55. The first-order valence-corrected chi connectivity index (χ1v) is 10.3. The molecule has 1 amide bonds. The van der Waals surface area contributed by atoms with Crippen LogP contribution in [0.25, 0.3) is 0 Å². The molecule has 0 fully saturated rings. The van der Waals surface area contributed by atoms with E-state index < -0.39 is 33.7 Å². The first-order valence-electron chi connectivity index (χ1n) is 8.60. The van der Waals surface area contributed by atoms with Crippen molar-refractivity contribution < 1.29 is 26.4 Å². The van der Waals surface area contributed by atoms with Gasteiger partial charge in [-0.15, -0.1) is 0 Å². The lowest BCUT2D eigenvalue weighted by Gasteiger charge is -2.16. The molecule has 0 aromatic heterocycles. The van der Waals surface area contributed by atoms with Crippen molar-refractivity contribution in [1.82, 2.24) is 5.32 Å². The number of anilines is 1. The molecule has 152 valence electrons. The molecule has 9 heteroatoms. The third-order valence-corrected chi connectivity index (χ3v) is 5.45. The lowest BCUT2D eigenvalue weighted by atomic mass is 10.1. The Kier molecular flexibility index (Phi) is 6.71. The fraction of sp³-hybridized carbons (Fsp3) is 0.316. The summed E-state index contributed by atoms with van der Waals surface area (Å²) < 4.78 is 64.0. The van der Waals surface area contributed by atoms with Gasteiger partial charge in [0.1, 0.15) is 0 Å². The van der Waals surface area contributed by atoms with Crippen LogP contribution in [0.3, 0.4) is 0 Å². The maximum absolute atomic E-state index is 12.6. The molecule has 2 rings (SSSR count). The smallest absolute Gasteiger partial charge is 0.346 e. The minimum atomic E-state index is -4.42. The van der Waals surface area contributed by atoms with Gasteiger partial charge in [-0.2, -0.15) is 13.2 Å². The van der Waals surface area contributed by atoms with Gasteiger partial charge in [0.15, 0.2) is 0 Å². The Balaban J connectivity index is 2.09. The minimum absolute atomic E-state index is 0.0334. The minimum Gasteiger partial charge on any atom is -0.346 e. The van der Waals surface area contributed by atoms with E-state index in [0.29, 0.717) is 12.0 Å². The van der Waals surface area contributed by atoms with Gasteiger partial charge in [0, 0.05) is 11.3 Å². The molecule has 0 spiro atoms. The van der Waals surface area contributed by atoms with E-state index in [0.717, 1.165) is 12.1 Å². The van der Waals surface area contributed by atoms with E-state index in [4.69, 9.17) is 0 Å². The number of nitrogens with one attached hydrogen (secondary N) is 2. The van der Waals surface area contributed by atoms with Crippen molar-refractivity contribution in [3.05, 3.63) is 65.2 Å². The fourth-order valence-corrected chi connectivity index (χ4v) is 3.67. The zero-order valence-electron chi connectivity index (χ0n) is 15.4. The van der Waals surface area contributed by atoms with Crippen molar-refractivity contribution in [2.75, 3.05) is 10.5 Å². The van der Waals surface area contributed by atoms with E-state index in [-0.39, 0.29) is 17.0 Å². The summed E-state index contributed by atoms with van der Waals surface area (Å²) in [6.45, 7) is 3.39. The van der Waals surface area contributed by atoms with Crippen LogP contribution in [0.15, 0.2) is 48.5 Å². The van der Waals surface area contributed by atoms with Gasteiger partial charge in [0.25, 0.3) is 5.91 Å². The summed E-state index contributed by atoms with van der Waals surface area (Å²) >= 11 is 0. The second kappa shape index (κ2) is 8.64. The van der Waals surface area contributed by atoms with Crippen LogP contribution >= 0.6 is 0 Å². The molecule has 0 aliphatic carbocycles. The van der Waals surface area contributed by atoms with E-state index in [1.165, 1.54) is 30.3 Å². The topological polar surface area (TPSA) is 75.3 Å². The Bertz CT molecular complexity index is 926. The molecular formula is C19H21F3N2O3S. The number of hydrogen-bond donors (Lipinski definition) is 2. The lowest BCUT2D eigenvalue weighted by molar-refractivity contribution is -0.137. The molecule has 5 nitrogen and oxygen atoms in total. The highest BCUT2D eigenvalue weighted by Gasteiger charge is 2.30. The summed E-state index contributed by atoms with van der Waals surface area (Å²) in [6.07, 6.45) is -3.96. The molecule has 2 aromatic rings. The SMILES string of the molecule is CCCS(=O)(=O)Nc1cccc(C(=O)NC(C)c2ccc(C(F)(F)F)cc2)c1. The van der Waals surface area contributed by atoms with Crippen molar-refractivity contribution in [3.8, 4) is 0 Å². The van der Waals surface area contributed by atoms with Crippen LogP contribution in [0.1, 0.15) is 47.8 Å². The monoisotopic (exact) mass is 414 g/mol. The number of sulfonamides is 1. The van der Waals surface area contributed by atoms with E-state index in [1.54, 1.807) is 19.9 Å². The van der Waals surface area contributed by atoms with Crippen molar-refractivity contribution in [2.24, 2.45) is 0 Å². The van der Waals surface area contributed by atoms with Gasteiger partial charge in [-0.1, -0.05) is 25.1 Å². The largest absolute Gasteiger partial charge is 0.416 e. The van der Waals surface area contributed by atoms with Crippen molar-refractivity contribution >= 4 is 21.6 Å². The Morgan fingerprint density at radius 2 is 1.75 bits per heavy atom. The molecule has 0 aliphatic heterocycles. The average Bonchev–Trinajstić information content (AvgIpc) is 2.60. The number of hydrogen-bond acceptors (Lipinski definition) is 3. The molecule has 0 heterocycles. The highest BCUT2D eigenvalue weighted by atomic mass is 32.2. The molecule has 0 aliphatic rings. The molecule has 1 atom stereocenters.